The van der Waals surface area contributed by atoms with Gasteiger partial charge in [-0.05, 0) is 19.3 Å². The van der Waals surface area contributed by atoms with Gasteiger partial charge in [0.15, 0.2) is 0 Å². The van der Waals surface area contributed by atoms with Crippen LogP contribution >= 0.6 is 0 Å². The minimum absolute atomic E-state index is 0.122. The molecule has 3 unspecified atom stereocenters. The zero-order chi connectivity index (χ0) is 8.27. The molecule has 3 heteroatoms. The van der Waals surface area contributed by atoms with Crippen molar-refractivity contribution in [2.24, 2.45) is 11.8 Å². The van der Waals surface area contributed by atoms with Crippen molar-refractivity contribution in [2.45, 2.75) is 19.5 Å². The van der Waals surface area contributed by atoms with E-state index in [-0.39, 0.29) is 18.4 Å². The molecule has 3 atom stereocenters. The standard InChI is InChI=1S/C8H15FO2/c1-6(9)2-7-4-11-5-8(7)3-10/h6-8,10H,2-5H2,1H3. The first-order chi connectivity index (χ1) is 5.24. The van der Waals surface area contributed by atoms with Crippen LogP contribution in [0.1, 0.15) is 13.3 Å². The number of aliphatic hydroxyl groups excluding tert-OH is 1. The third kappa shape index (κ3) is 2.42. The summed E-state index contributed by atoms with van der Waals surface area (Å²) in [4.78, 5) is 0. The van der Waals surface area contributed by atoms with Crippen molar-refractivity contribution >= 4 is 0 Å². The number of ether oxygens (including phenoxy) is 1. The van der Waals surface area contributed by atoms with Crippen LogP contribution in [0.4, 0.5) is 4.39 Å². The number of halogens is 1. The maximum absolute atomic E-state index is 12.5. The maximum Gasteiger partial charge on any atom is 0.0977 e. The summed E-state index contributed by atoms with van der Waals surface area (Å²) in [5.74, 6) is 0.383. The lowest BCUT2D eigenvalue weighted by molar-refractivity contribution is 0.160. The van der Waals surface area contributed by atoms with Crippen LogP contribution < -0.4 is 0 Å². The molecule has 0 spiro atoms. The molecule has 0 aromatic carbocycles. The van der Waals surface area contributed by atoms with Gasteiger partial charge >= 0.3 is 0 Å². The lowest BCUT2D eigenvalue weighted by atomic mass is 9.92. The summed E-state index contributed by atoms with van der Waals surface area (Å²) >= 11 is 0. The highest BCUT2D eigenvalue weighted by Crippen LogP contribution is 2.25. The fourth-order valence-corrected chi connectivity index (χ4v) is 1.52. The lowest BCUT2D eigenvalue weighted by Crippen LogP contribution is -2.19. The second kappa shape index (κ2) is 4.02. The summed E-state index contributed by atoms with van der Waals surface area (Å²) in [7, 11) is 0. The highest BCUT2D eigenvalue weighted by atomic mass is 19.1. The van der Waals surface area contributed by atoms with Gasteiger partial charge in [-0.25, -0.2) is 4.39 Å². The summed E-state index contributed by atoms with van der Waals surface area (Å²) in [5, 5.41) is 8.85. The van der Waals surface area contributed by atoms with Crippen LogP contribution in [-0.4, -0.2) is 31.1 Å². The molecular weight excluding hydrogens is 147 g/mol. The van der Waals surface area contributed by atoms with Gasteiger partial charge in [-0.1, -0.05) is 0 Å². The van der Waals surface area contributed by atoms with E-state index < -0.39 is 6.17 Å². The van der Waals surface area contributed by atoms with Gasteiger partial charge in [-0.3, -0.25) is 0 Å². The Morgan fingerprint density at radius 3 is 2.73 bits per heavy atom. The van der Waals surface area contributed by atoms with E-state index in [1.54, 1.807) is 6.92 Å². The van der Waals surface area contributed by atoms with Crippen molar-refractivity contribution in [1.82, 2.24) is 0 Å². The molecular formula is C8H15FO2. The van der Waals surface area contributed by atoms with Crippen LogP contribution in [0.5, 0.6) is 0 Å². The topological polar surface area (TPSA) is 29.5 Å². The first kappa shape index (κ1) is 8.94. The number of hydrogen-bond acceptors (Lipinski definition) is 2. The number of rotatable bonds is 3. The summed E-state index contributed by atoms with van der Waals surface area (Å²) < 4.78 is 17.7. The van der Waals surface area contributed by atoms with Gasteiger partial charge < -0.3 is 9.84 Å². The molecule has 0 saturated carbocycles. The van der Waals surface area contributed by atoms with E-state index in [1.807, 2.05) is 0 Å². The fraction of sp³-hybridized carbons (Fsp3) is 1.00. The molecule has 1 rings (SSSR count). The van der Waals surface area contributed by atoms with E-state index in [2.05, 4.69) is 0 Å². The molecule has 1 N–H and O–H groups in total. The normalized spacial score (nSPS) is 34.1. The highest BCUT2D eigenvalue weighted by Gasteiger charge is 2.28. The number of alkyl halides is 1. The zero-order valence-electron chi connectivity index (χ0n) is 6.79. The largest absolute Gasteiger partial charge is 0.396 e. The van der Waals surface area contributed by atoms with Crippen LogP contribution in [0.15, 0.2) is 0 Å². The van der Waals surface area contributed by atoms with Gasteiger partial charge in [0, 0.05) is 19.1 Å². The SMILES string of the molecule is CC(F)CC1COCC1CO. The van der Waals surface area contributed by atoms with Gasteiger partial charge in [0.1, 0.15) is 0 Å². The smallest absolute Gasteiger partial charge is 0.0977 e. The van der Waals surface area contributed by atoms with Crippen LogP contribution in [0.25, 0.3) is 0 Å². The van der Waals surface area contributed by atoms with Gasteiger partial charge in [0.2, 0.25) is 0 Å². The maximum atomic E-state index is 12.5. The van der Waals surface area contributed by atoms with Crippen molar-refractivity contribution < 1.29 is 14.2 Å². The second-order valence-electron chi connectivity index (χ2n) is 3.26. The van der Waals surface area contributed by atoms with E-state index in [0.717, 1.165) is 0 Å². The van der Waals surface area contributed by atoms with E-state index >= 15 is 0 Å². The average molecular weight is 162 g/mol. The Morgan fingerprint density at radius 2 is 2.18 bits per heavy atom. The van der Waals surface area contributed by atoms with E-state index in [1.165, 1.54) is 0 Å². The zero-order valence-corrected chi connectivity index (χ0v) is 6.79. The van der Waals surface area contributed by atoms with E-state index in [9.17, 15) is 4.39 Å². The van der Waals surface area contributed by atoms with Crippen molar-refractivity contribution in [1.29, 1.82) is 0 Å². The Bertz CT molecular complexity index is 117. The molecule has 0 aliphatic carbocycles. The highest BCUT2D eigenvalue weighted by molar-refractivity contribution is 4.75. The predicted octanol–water partition coefficient (Wildman–Crippen LogP) is 0.989. The third-order valence-electron chi connectivity index (χ3n) is 2.19. The summed E-state index contributed by atoms with van der Waals surface area (Å²) in [6.45, 7) is 2.87. The Kier molecular flexibility index (Phi) is 3.27. The molecule has 2 nitrogen and oxygen atoms in total. The van der Waals surface area contributed by atoms with Crippen LogP contribution in [0, 0.1) is 11.8 Å². The summed E-state index contributed by atoms with van der Waals surface area (Å²) in [6.07, 6.45) is -0.263. The molecule has 1 saturated heterocycles. The molecule has 0 aromatic heterocycles. The van der Waals surface area contributed by atoms with Crippen molar-refractivity contribution in [3.63, 3.8) is 0 Å². The lowest BCUT2D eigenvalue weighted by Gasteiger charge is -2.14. The minimum atomic E-state index is -0.782. The quantitative estimate of drug-likeness (QED) is 0.670. The Balaban J connectivity index is 2.31. The van der Waals surface area contributed by atoms with Gasteiger partial charge in [-0.15, -0.1) is 0 Å². The van der Waals surface area contributed by atoms with Crippen LogP contribution in [-0.2, 0) is 4.74 Å². The Morgan fingerprint density at radius 1 is 1.55 bits per heavy atom. The molecule has 1 aliphatic rings. The van der Waals surface area contributed by atoms with Crippen LogP contribution in [0.2, 0.25) is 0 Å². The number of hydrogen-bond donors (Lipinski definition) is 1. The molecule has 0 amide bonds. The average Bonchev–Trinajstić information content (AvgIpc) is 2.34. The first-order valence-corrected chi connectivity index (χ1v) is 4.06. The van der Waals surface area contributed by atoms with E-state index in [4.69, 9.17) is 9.84 Å². The molecule has 66 valence electrons. The Hall–Kier alpha value is -0.150. The summed E-state index contributed by atoms with van der Waals surface area (Å²) in [6, 6.07) is 0. The van der Waals surface area contributed by atoms with Crippen molar-refractivity contribution in [3.8, 4) is 0 Å². The molecule has 0 bridgehead atoms. The van der Waals surface area contributed by atoms with Crippen LogP contribution in [0.3, 0.4) is 0 Å². The molecule has 0 radical (unpaired) electrons. The minimum Gasteiger partial charge on any atom is -0.396 e. The Labute approximate surface area is 66.4 Å². The van der Waals surface area contributed by atoms with E-state index in [0.29, 0.717) is 19.6 Å². The van der Waals surface area contributed by atoms with Crippen molar-refractivity contribution in [2.75, 3.05) is 19.8 Å². The second-order valence-corrected chi connectivity index (χ2v) is 3.26. The molecule has 1 fully saturated rings. The molecule has 0 aromatic rings. The molecule has 11 heavy (non-hydrogen) atoms. The van der Waals surface area contributed by atoms with Gasteiger partial charge in [0.05, 0.1) is 12.8 Å². The van der Waals surface area contributed by atoms with Gasteiger partial charge in [0.25, 0.3) is 0 Å². The molecule has 1 aliphatic heterocycles. The molecule has 1 heterocycles. The van der Waals surface area contributed by atoms with Gasteiger partial charge in [-0.2, -0.15) is 0 Å². The van der Waals surface area contributed by atoms with Crippen molar-refractivity contribution in [3.05, 3.63) is 0 Å². The predicted molar refractivity (Wildman–Crippen MR) is 40.1 cm³/mol. The fourth-order valence-electron chi connectivity index (χ4n) is 1.52. The third-order valence-corrected chi connectivity index (χ3v) is 2.19. The monoisotopic (exact) mass is 162 g/mol. The number of aliphatic hydroxyl groups is 1. The first-order valence-electron chi connectivity index (χ1n) is 4.06. The summed E-state index contributed by atoms with van der Waals surface area (Å²) in [5.41, 5.74) is 0.